The van der Waals surface area contributed by atoms with Crippen molar-refractivity contribution in [3.8, 4) is 0 Å². The van der Waals surface area contributed by atoms with Crippen molar-refractivity contribution in [1.29, 1.82) is 0 Å². The van der Waals surface area contributed by atoms with Crippen LogP contribution < -0.4 is 11.1 Å². The number of hydrogen-bond acceptors (Lipinski definition) is 6. The summed E-state index contributed by atoms with van der Waals surface area (Å²) in [5.74, 6) is -0.760. The number of nitrogens with two attached hydrogens (primary N) is 1. The minimum Gasteiger partial charge on any atom is -0.465 e. The highest BCUT2D eigenvalue weighted by molar-refractivity contribution is 7.14. The van der Waals surface area contributed by atoms with Crippen molar-refractivity contribution in [3.63, 3.8) is 0 Å². The van der Waals surface area contributed by atoms with Gasteiger partial charge in [-0.05, 0) is 39.1 Å². The summed E-state index contributed by atoms with van der Waals surface area (Å²) < 4.78 is 10.6. The first-order valence-corrected chi connectivity index (χ1v) is 8.06. The molecule has 0 saturated carbocycles. The lowest BCUT2D eigenvalue weighted by Gasteiger charge is -2.13. The van der Waals surface area contributed by atoms with Crippen LogP contribution >= 0.6 is 11.3 Å². The van der Waals surface area contributed by atoms with Gasteiger partial charge in [-0.1, -0.05) is 0 Å². The molecule has 0 aliphatic carbocycles. The van der Waals surface area contributed by atoms with Crippen LogP contribution in [0.1, 0.15) is 44.7 Å². The Morgan fingerprint density at radius 3 is 2.46 bits per heavy atom. The van der Waals surface area contributed by atoms with Crippen LogP contribution in [-0.4, -0.2) is 23.9 Å². The molecule has 0 spiro atoms. The Morgan fingerprint density at radius 2 is 1.92 bits per heavy atom. The van der Waals surface area contributed by atoms with Crippen LogP contribution in [0.4, 0.5) is 5.00 Å². The van der Waals surface area contributed by atoms with Gasteiger partial charge in [0.25, 0.3) is 11.8 Å². The van der Waals surface area contributed by atoms with Crippen molar-refractivity contribution in [2.45, 2.75) is 33.8 Å². The van der Waals surface area contributed by atoms with Crippen molar-refractivity contribution in [3.05, 3.63) is 39.7 Å². The highest BCUT2D eigenvalue weighted by Gasteiger charge is 2.25. The number of primary amides is 1. The predicted molar refractivity (Wildman–Crippen MR) is 89.3 cm³/mol. The lowest BCUT2D eigenvalue weighted by Crippen LogP contribution is -2.30. The second-order valence-electron chi connectivity index (χ2n) is 5.28. The molecule has 0 saturated heterocycles. The quantitative estimate of drug-likeness (QED) is 0.805. The van der Waals surface area contributed by atoms with Crippen molar-refractivity contribution >= 4 is 34.1 Å². The molecule has 24 heavy (non-hydrogen) atoms. The first-order chi connectivity index (χ1) is 11.2. The molecule has 0 aliphatic heterocycles. The average Bonchev–Trinajstić information content (AvgIpc) is 3.04. The molecule has 0 radical (unpaired) electrons. The van der Waals surface area contributed by atoms with Gasteiger partial charge in [-0.15, -0.1) is 11.3 Å². The summed E-state index contributed by atoms with van der Waals surface area (Å²) in [4.78, 5) is 35.7. The Hall–Kier alpha value is -2.61. The number of amides is 2. The van der Waals surface area contributed by atoms with Gasteiger partial charge in [0.05, 0.1) is 5.56 Å². The monoisotopic (exact) mass is 350 g/mol. The van der Waals surface area contributed by atoms with E-state index in [9.17, 15) is 14.4 Å². The van der Waals surface area contributed by atoms with Crippen LogP contribution in [0, 0.1) is 20.8 Å². The van der Waals surface area contributed by atoms with Crippen LogP contribution in [0.2, 0.25) is 0 Å². The fourth-order valence-electron chi connectivity index (χ4n) is 2.18. The number of rotatable bonds is 5. The third kappa shape index (κ3) is 3.48. The SMILES string of the molecule is Cc1oc(C)c(C(=O)O[C@@H](C)C(=O)Nc2sccc2C(N)=O)c1C. The van der Waals surface area contributed by atoms with E-state index in [1.54, 1.807) is 26.2 Å². The standard InChI is InChI=1S/C16H18N2O5S/c1-7-8(2)22-9(3)12(7)16(21)23-10(4)14(20)18-15-11(13(17)19)5-6-24-15/h5-6,10H,1-4H3,(H2,17,19)(H,18,20)/t10-/m0/s1. The van der Waals surface area contributed by atoms with Crippen LogP contribution in [0.15, 0.2) is 15.9 Å². The van der Waals surface area contributed by atoms with E-state index >= 15 is 0 Å². The molecule has 0 bridgehead atoms. The summed E-state index contributed by atoms with van der Waals surface area (Å²) >= 11 is 1.16. The Morgan fingerprint density at radius 1 is 1.25 bits per heavy atom. The lowest BCUT2D eigenvalue weighted by molar-refractivity contribution is -0.123. The number of anilines is 1. The lowest BCUT2D eigenvalue weighted by atomic mass is 10.1. The van der Waals surface area contributed by atoms with Crippen LogP contribution in [0.3, 0.4) is 0 Å². The molecule has 0 aromatic carbocycles. The molecule has 128 valence electrons. The van der Waals surface area contributed by atoms with Crippen LogP contribution in [0.5, 0.6) is 0 Å². The summed E-state index contributed by atoms with van der Waals surface area (Å²) in [6.07, 6.45) is -1.05. The molecule has 2 amide bonds. The molecule has 8 heteroatoms. The number of aryl methyl sites for hydroxylation is 2. The third-order valence-corrected chi connectivity index (χ3v) is 4.42. The van der Waals surface area contributed by atoms with Gasteiger partial charge in [-0.25, -0.2) is 4.79 Å². The topological polar surface area (TPSA) is 112 Å². The zero-order valence-corrected chi connectivity index (χ0v) is 14.6. The van der Waals surface area contributed by atoms with Gasteiger partial charge >= 0.3 is 5.97 Å². The maximum absolute atomic E-state index is 12.3. The van der Waals surface area contributed by atoms with E-state index in [1.807, 2.05) is 0 Å². The van der Waals surface area contributed by atoms with E-state index in [0.717, 1.165) is 11.3 Å². The first kappa shape index (κ1) is 17.7. The molecule has 0 fully saturated rings. The van der Waals surface area contributed by atoms with Gasteiger partial charge in [0.2, 0.25) is 0 Å². The number of hydrogen-bond donors (Lipinski definition) is 2. The summed E-state index contributed by atoms with van der Waals surface area (Å²) in [6, 6.07) is 1.51. The van der Waals surface area contributed by atoms with Gasteiger partial charge < -0.3 is 20.2 Å². The number of thiophene rings is 1. The highest BCUT2D eigenvalue weighted by Crippen LogP contribution is 2.24. The van der Waals surface area contributed by atoms with E-state index in [1.165, 1.54) is 13.0 Å². The van der Waals surface area contributed by atoms with Crippen molar-refractivity contribution in [1.82, 2.24) is 0 Å². The molecule has 7 nitrogen and oxygen atoms in total. The molecule has 3 N–H and O–H groups in total. The van der Waals surface area contributed by atoms with Crippen LogP contribution in [-0.2, 0) is 9.53 Å². The molecule has 2 heterocycles. The largest absolute Gasteiger partial charge is 0.465 e. The second-order valence-corrected chi connectivity index (χ2v) is 6.19. The fourth-order valence-corrected chi connectivity index (χ4v) is 2.98. The number of carbonyl (C=O) groups is 3. The summed E-state index contributed by atoms with van der Waals surface area (Å²) in [7, 11) is 0. The molecule has 2 rings (SSSR count). The van der Waals surface area contributed by atoms with Gasteiger partial charge in [0, 0.05) is 5.56 Å². The second kappa shape index (κ2) is 6.88. The minimum absolute atomic E-state index is 0.212. The third-order valence-electron chi connectivity index (χ3n) is 3.59. The van der Waals surface area contributed by atoms with E-state index in [2.05, 4.69) is 5.32 Å². The number of furan rings is 1. The zero-order chi connectivity index (χ0) is 18.0. The Balaban J connectivity index is 2.07. The van der Waals surface area contributed by atoms with E-state index in [-0.39, 0.29) is 5.56 Å². The van der Waals surface area contributed by atoms with Gasteiger partial charge in [0.1, 0.15) is 22.1 Å². The maximum atomic E-state index is 12.3. The van der Waals surface area contributed by atoms with Crippen LogP contribution in [0.25, 0.3) is 0 Å². The number of esters is 1. The smallest absolute Gasteiger partial charge is 0.342 e. The molecule has 0 unspecified atom stereocenters. The maximum Gasteiger partial charge on any atom is 0.342 e. The van der Waals surface area contributed by atoms with E-state index in [4.69, 9.17) is 14.9 Å². The van der Waals surface area contributed by atoms with E-state index < -0.39 is 23.9 Å². The number of ether oxygens (including phenoxy) is 1. The van der Waals surface area contributed by atoms with Crippen molar-refractivity contribution in [2.24, 2.45) is 5.73 Å². The van der Waals surface area contributed by atoms with Crippen molar-refractivity contribution in [2.75, 3.05) is 5.32 Å². The Kier molecular flexibility index (Phi) is 5.08. The predicted octanol–water partition coefficient (Wildman–Crippen LogP) is 2.55. The molecular weight excluding hydrogens is 332 g/mol. The first-order valence-electron chi connectivity index (χ1n) is 7.18. The fraction of sp³-hybridized carbons (Fsp3) is 0.312. The molecular formula is C16H18N2O5S. The van der Waals surface area contributed by atoms with E-state index in [0.29, 0.717) is 27.6 Å². The molecule has 2 aromatic heterocycles. The van der Waals surface area contributed by atoms with Gasteiger partial charge in [-0.3, -0.25) is 9.59 Å². The Bertz CT molecular complexity index is 805. The number of nitrogens with one attached hydrogen (secondary N) is 1. The average molecular weight is 350 g/mol. The minimum atomic E-state index is -1.05. The molecule has 2 aromatic rings. The number of carbonyl (C=O) groups excluding carboxylic acids is 3. The van der Waals surface area contributed by atoms with Gasteiger partial charge in [0.15, 0.2) is 6.10 Å². The Labute approximate surface area is 142 Å². The summed E-state index contributed by atoms with van der Waals surface area (Å²) in [5.41, 5.74) is 6.44. The normalized spacial score (nSPS) is 11.8. The summed E-state index contributed by atoms with van der Waals surface area (Å²) in [6.45, 7) is 6.60. The van der Waals surface area contributed by atoms with Gasteiger partial charge in [-0.2, -0.15) is 0 Å². The zero-order valence-electron chi connectivity index (χ0n) is 13.8. The summed E-state index contributed by atoms with van der Waals surface area (Å²) in [5, 5.41) is 4.49. The highest BCUT2D eigenvalue weighted by atomic mass is 32.1. The van der Waals surface area contributed by atoms with Crippen molar-refractivity contribution < 1.29 is 23.5 Å². The molecule has 1 atom stereocenters. The molecule has 0 aliphatic rings.